The highest BCUT2D eigenvalue weighted by atomic mass is 79.9. The largest absolute Gasteiger partial charge is 0.354 e. The van der Waals surface area contributed by atoms with Crippen molar-refractivity contribution < 1.29 is 18.0 Å². The summed E-state index contributed by atoms with van der Waals surface area (Å²) in [6.07, 6.45) is 0.267. The number of hydrogen-bond acceptors (Lipinski definition) is 4. The predicted molar refractivity (Wildman–Crippen MR) is 179 cm³/mol. The summed E-state index contributed by atoms with van der Waals surface area (Å²) in [5, 5.41) is 3.01. The lowest BCUT2D eigenvalue weighted by atomic mass is 10.0. The van der Waals surface area contributed by atoms with Crippen molar-refractivity contribution in [3.8, 4) is 0 Å². The van der Waals surface area contributed by atoms with E-state index >= 15 is 0 Å². The zero-order valence-electron chi connectivity index (χ0n) is 25.2. The molecule has 1 atom stereocenters. The van der Waals surface area contributed by atoms with Gasteiger partial charge in [0.1, 0.15) is 12.6 Å². The summed E-state index contributed by atoms with van der Waals surface area (Å²) >= 11 is 3.46. The summed E-state index contributed by atoms with van der Waals surface area (Å²) in [5.41, 5.74) is 2.92. The smallest absolute Gasteiger partial charge is 0.264 e. The van der Waals surface area contributed by atoms with E-state index in [1.54, 1.807) is 36.4 Å². The van der Waals surface area contributed by atoms with Crippen molar-refractivity contribution in [1.82, 2.24) is 10.2 Å². The minimum atomic E-state index is -4.13. The fourth-order valence-electron chi connectivity index (χ4n) is 4.79. The second-order valence-electron chi connectivity index (χ2n) is 11.2. The Labute approximate surface area is 269 Å². The number of sulfonamides is 1. The first kappa shape index (κ1) is 33.0. The fraction of sp³-hybridized carbons (Fsp3) is 0.257. The maximum Gasteiger partial charge on any atom is 0.264 e. The standard InChI is InChI=1S/C35H38BrN3O4S/c1-26(2)23-37-35(41)33(22-28-12-6-4-7-13-28)38(24-29-17-19-30(36)20-18-29)34(40)25-39(31-14-10-11-27(3)21-31)44(42,43)32-15-8-5-9-16-32/h4-21,26,33H,22-25H2,1-3H3,(H,37,41)/t33-/m1/s1. The van der Waals surface area contributed by atoms with E-state index in [9.17, 15) is 18.0 Å². The molecule has 4 aromatic rings. The van der Waals surface area contributed by atoms with Crippen molar-refractivity contribution in [2.24, 2.45) is 5.92 Å². The number of nitrogens with one attached hydrogen (secondary N) is 1. The normalized spacial score (nSPS) is 12.0. The van der Waals surface area contributed by atoms with Crippen molar-refractivity contribution in [3.05, 3.63) is 130 Å². The second-order valence-corrected chi connectivity index (χ2v) is 13.9. The van der Waals surface area contributed by atoms with Gasteiger partial charge in [-0.25, -0.2) is 8.42 Å². The molecule has 7 nitrogen and oxygen atoms in total. The van der Waals surface area contributed by atoms with Gasteiger partial charge in [-0.3, -0.25) is 13.9 Å². The van der Waals surface area contributed by atoms with Crippen molar-refractivity contribution in [3.63, 3.8) is 0 Å². The fourth-order valence-corrected chi connectivity index (χ4v) is 6.49. The molecule has 0 saturated heterocycles. The number of halogens is 1. The first-order valence-electron chi connectivity index (χ1n) is 14.5. The second kappa shape index (κ2) is 15.2. The number of rotatable bonds is 13. The molecule has 9 heteroatoms. The van der Waals surface area contributed by atoms with Crippen LogP contribution in [0, 0.1) is 12.8 Å². The van der Waals surface area contributed by atoms with Gasteiger partial charge in [-0.1, -0.05) is 103 Å². The Hall–Kier alpha value is -3.95. The Morgan fingerprint density at radius 2 is 1.45 bits per heavy atom. The summed E-state index contributed by atoms with van der Waals surface area (Å²) in [7, 11) is -4.13. The van der Waals surface area contributed by atoms with Gasteiger partial charge in [0.25, 0.3) is 10.0 Å². The summed E-state index contributed by atoms with van der Waals surface area (Å²) in [4.78, 5) is 29.9. The molecule has 0 aliphatic heterocycles. The Morgan fingerprint density at radius 3 is 2.07 bits per heavy atom. The number of carbonyl (C=O) groups is 2. The van der Waals surface area contributed by atoms with Crippen molar-refractivity contribution >= 4 is 43.5 Å². The Bertz CT molecular complexity index is 1650. The van der Waals surface area contributed by atoms with E-state index < -0.39 is 28.5 Å². The summed E-state index contributed by atoms with van der Waals surface area (Å²) in [6, 6.07) is 31.3. The van der Waals surface area contributed by atoms with Crippen LogP contribution in [0.5, 0.6) is 0 Å². The molecule has 0 aromatic heterocycles. The van der Waals surface area contributed by atoms with E-state index in [0.717, 1.165) is 25.5 Å². The lowest BCUT2D eigenvalue weighted by molar-refractivity contribution is -0.140. The van der Waals surface area contributed by atoms with E-state index in [2.05, 4.69) is 21.2 Å². The number of hydrogen-bond donors (Lipinski definition) is 1. The Balaban J connectivity index is 1.79. The van der Waals surface area contributed by atoms with Gasteiger partial charge in [-0.05, 0) is 65.9 Å². The first-order valence-corrected chi connectivity index (χ1v) is 16.8. The van der Waals surface area contributed by atoms with Crippen molar-refractivity contribution in [1.29, 1.82) is 0 Å². The molecule has 0 radical (unpaired) electrons. The van der Waals surface area contributed by atoms with Gasteiger partial charge >= 0.3 is 0 Å². The summed E-state index contributed by atoms with van der Waals surface area (Å²) in [6.45, 7) is 5.96. The molecule has 0 heterocycles. The van der Waals surface area contributed by atoms with Crippen molar-refractivity contribution in [2.45, 2.75) is 44.7 Å². The van der Waals surface area contributed by atoms with Gasteiger partial charge in [0.15, 0.2) is 0 Å². The van der Waals surface area contributed by atoms with E-state index in [0.29, 0.717) is 12.2 Å². The van der Waals surface area contributed by atoms with Crippen LogP contribution in [0.15, 0.2) is 119 Å². The molecule has 0 aliphatic rings. The lowest BCUT2D eigenvalue weighted by Crippen LogP contribution is -2.53. The number of anilines is 1. The van der Waals surface area contributed by atoms with Crippen LogP contribution >= 0.6 is 15.9 Å². The zero-order chi connectivity index (χ0) is 31.7. The molecule has 2 amide bonds. The first-order chi connectivity index (χ1) is 21.0. The molecular formula is C35H38BrN3O4S. The average molecular weight is 677 g/mol. The number of carbonyl (C=O) groups excluding carboxylic acids is 2. The van der Waals surface area contributed by atoms with Crippen LogP contribution < -0.4 is 9.62 Å². The van der Waals surface area contributed by atoms with Gasteiger partial charge in [0.2, 0.25) is 11.8 Å². The van der Waals surface area contributed by atoms with Crippen LogP contribution in [0.1, 0.15) is 30.5 Å². The van der Waals surface area contributed by atoms with Gasteiger partial charge in [-0.15, -0.1) is 0 Å². The topological polar surface area (TPSA) is 86.8 Å². The maximum absolute atomic E-state index is 14.5. The monoisotopic (exact) mass is 675 g/mol. The highest BCUT2D eigenvalue weighted by Gasteiger charge is 2.34. The number of benzene rings is 4. The van der Waals surface area contributed by atoms with Crippen LogP contribution in [-0.2, 0) is 32.6 Å². The summed E-state index contributed by atoms with van der Waals surface area (Å²) < 4.78 is 30.1. The van der Waals surface area contributed by atoms with Crippen LogP contribution in [0.4, 0.5) is 5.69 Å². The molecule has 230 valence electrons. The number of aryl methyl sites for hydroxylation is 1. The molecule has 44 heavy (non-hydrogen) atoms. The van der Waals surface area contributed by atoms with Crippen LogP contribution in [0.25, 0.3) is 0 Å². The SMILES string of the molecule is Cc1cccc(N(CC(=O)N(Cc2ccc(Br)cc2)[C@H](Cc2ccccc2)C(=O)NCC(C)C)S(=O)(=O)c2ccccc2)c1. The van der Waals surface area contributed by atoms with Crippen LogP contribution in [-0.4, -0.2) is 44.3 Å². The van der Waals surface area contributed by atoms with Crippen molar-refractivity contribution in [2.75, 3.05) is 17.4 Å². The predicted octanol–water partition coefficient (Wildman–Crippen LogP) is 6.37. The van der Waals surface area contributed by atoms with Crippen LogP contribution in [0.3, 0.4) is 0 Å². The van der Waals surface area contributed by atoms with Gasteiger partial charge in [-0.2, -0.15) is 0 Å². The summed E-state index contributed by atoms with van der Waals surface area (Å²) in [5.74, 6) is -0.574. The third-order valence-corrected chi connectivity index (χ3v) is 9.44. The van der Waals surface area contributed by atoms with Gasteiger partial charge in [0, 0.05) is 24.0 Å². The van der Waals surface area contributed by atoms with Gasteiger partial charge < -0.3 is 10.2 Å². The molecule has 0 spiro atoms. The molecule has 4 aromatic carbocycles. The number of amides is 2. The molecule has 0 fully saturated rings. The molecule has 0 bridgehead atoms. The molecule has 0 aliphatic carbocycles. The molecule has 4 rings (SSSR count). The van der Waals surface area contributed by atoms with Gasteiger partial charge in [0.05, 0.1) is 10.6 Å². The quantitative estimate of drug-likeness (QED) is 0.179. The Kier molecular flexibility index (Phi) is 11.4. The van der Waals surface area contributed by atoms with E-state index in [1.807, 2.05) is 81.4 Å². The highest BCUT2D eigenvalue weighted by molar-refractivity contribution is 9.10. The molecular weight excluding hydrogens is 638 g/mol. The minimum Gasteiger partial charge on any atom is -0.354 e. The number of nitrogens with zero attached hydrogens (tertiary/aromatic N) is 2. The molecule has 0 unspecified atom stereocenters. The zero-order valence-corrected chi connectivity index (χ0v) is 27.6. The minimum absolute atomic E-state index is 0.0734. The third-order valence-electron chi connectivity index (χ3n) is 7.12. The maximum atomic E-state index is 14.5. The van der Waals surface area contributed by atoms with E-state index in [4.69, 9.17) is 0 Å². The van der Waals surface area contributed by atoms with Crippen LogP contribution in [0.2, 0.25) is 0 Å². The molecule has 0 saturated carbocycles. The molecule has 1 N–H and O–H groups in total. The third kappa shape index (κ3) is 8.80. The van der Waals surface area contributed by atoms with E-state index in [1.165, 1.54) is 17.0 Å². The van der Waals surface area contributed by atoms with E-state index in [-0.39, 0.29) is 29.7 Å². The Morgan fingerprint density at radius 1 is 0.818 bits per heavy atom. The highest BCUT2D eigenvalue weighted by Crippen LogP contribution is 2.26. The average Bonchev–Trinajstić information content (AvgIpc) is 3.02. The lowest BCUT2D eigenvalue weighted by Gasteiger charge is -2.34.